The molecule has 1 amide bonds. The molecule has 0 saturated carbocycles. The molecule has 0 aliphatic heterocycles. The number of nitrogens with one attached hydrogen (secondary N) is 2. The summed E-state index contributed by atoms with van der Waals surface area (Å²) in [4.78, 5) is 27.6. The van der Waals surface area contributed by atoms with Crippen molar-refractivity contribution in [3.63, 3.8) is 0 Å². The smallest absolute Gasteiger partial charge is 0.271 e. The predicted octanol–water partition coefficient (Wildman–Crippen LogP) is 1.94. The Hall–Kier alpha value is -2.96. The zero-order valence-electron chi connectivity index (χ0n) is 13.8. The molecule has 7 nitrogen and oxygen atoms in total. The number of rotatable bonds is 4. The summed E-state index contributed by atoms with van der Waals surface area (Å²) in [7, 11) is 0. The van der Waals surface area contributed by atoms with Crippen LogP contribution < -0.4 is 10.9 Å². The number of aromatic nitrogens is 4. The summed E-state index contributed by atoms with van der Waals surface area (Å²) < 4.78 is 2.18. The van der Waals surface area contributed by atoms with Crippen molar-refractivity contribution in [1.29, 1.82) is 0 Å². The fourth-order valence-electron chi connectivity index (χ4n) is 2.77. The summed E-state index contributed by atoms with van der Waals surface area (Å²) in [5.41, 5.74) is 2.78. The fraction of sp³-hybridized carbons (Fsp3) is 0.294. The van der Waals surface area contributed by atoms with E-state index >= 15 is 0 Å². The average Bonchev–Trinajstić information content (AvgIpc) is 2.88. The second kappa shape index (κ2) is 6.27. The lowest BCUT2D eigenvalue weighted by molar-refractivity contribution is 0.0945. The zero-order valence-corrected chi connectivity index (χ0v) is 13.8. The summed E-state index contributed by atoms with van der Waals surface area (Å²) in [6.07, 6.45) is 0. The summed E-state index contributed by atoms with van der Waals surface area (Å²) in [6.45, 7) is 6.60. The van der Waals surface area contributed by atoms with Gasteiger partial charge in [-0.3, -0.25) is 9.59 Å². The highest BCUT2D eigenvalue weighted by Gasteiger charge is 2.11. The molecule has 2 aromatic heterocycles. The maximum atomic E-state index is 12.0. The Labute approximate surface area is 138 Å². The molecule has 0 radical (unpaired) electrons. The normalized spacial score (nSPS) is 11.2. The van der Waals surface area contributed by atoms with Gasteiger partial charge >= 0.3 is 0 Å². The van der Waals surface area contributed by atoms with Gasteiger partial charge in [-0.2, -0.15) is 5.10 Å². The highest BCUT2D eigenvalue weighted by molar-refractivity contribution is 5.92. The largest absolute Gasteiger partial charge is 0.347 e. The molecule has 124 valence electrons. The van der Waals surface area contributed by atoms with Crippen LogP contribution in [0.3, 0.4) is 0 Å². The number of benzene rings is 1. The molecule has 0 atom stereocenters. The van der Waals surface area contributed by atoms with Gasteiger partial charge in [0.05, 0.1) is 11.0 Å². The number of hydrogen-bond donors (Lipinski definition) is 2. The van der Waals surface area contributed by atoms with E-state index < -0.39 is 0 Å². The van der Waals surface area contributed by atoms with E-state index in [9.17, 15) is 9.59 Å². The molecule has 0 fully saturated rings. The standard InChI is InChI=1S/C17H19N5O2/c1-10(2)22-11(3)19-14-8-12(4-6-15(14)22)9-18-17(24)13-5-7-16(23)21-20-13/h4-8,10H,9H2,1-3H3,(H,18,24)(H,21,23). The number of H-pyrrole nitrogens is 1. The third-order valence-corrected chi connectivity index (χ3v) is 3.81. The molecule has 2 N–H and O–H groups in total. The predicted molar refractivity (Wildman–Crippen MR) is 90.9 cm³/mol. The number of aromatic amines is 1. The van der Waals surface area contributed by atoms with E-state index in [1.54, 1.807) is 0 Å². The van der Waals surface area contributed by atoms with Crippen LogP contribution in [0.1, 0.15) is 41.8 Å². The highest BCUT2D eigenvalue weighted by Crippen LogP contribution is 2.21. The van der Waals surface area contributed by atoms with E-state index in [0.717, 1.165) is 22.4 Å². The topological polar surface area (TPSA) is 92.7 Å². The number of amides is 1. The van der Waals surface area contributed by atoms with Crippen LogP contribution in [0.25, 0.3) is 11.0 Å². The minimum absolute atomic E-state index is 0.176. The molecule has 3 rings (SSSR count). The molecule has 2 heterocycles. The van der Waals surface area contributed by atoms with Crippen LogP contribution in [0.15, 0.2) is 35.1 Å². The van der Waals surface area contributed by atoms with Gasteiger partial charge in [-0.15, -0.1) is 0 Å². The second-order valence-corrected chi connectivity index (χ2v) is 5.93. The first kappa shape index (κ1) is 15.9. The van der Waals surface area contributed by atoms with E-state index in [1.807, 2.05) is 25.1 Å². The van der Waals surface area contributed by atoms with Crippen molar-refractivity contribution in [3.8, 4) is 0 Å². The molecule has 0 aliphatic rings. The van der Waals surface area contributed by atoms with Gasteiger partial charge < -0.3 is 9.88 Å². The number of carbonyl (C=O) groups is 1. The van der Waals surface area contributed by atoms with Gasteiger partial charge in [0.25, 0.3) is 11.5 Å². The van der Waals surface area contributed by atoms with Gasteiger partial charge in [0.1, 0.15) is 11.5 Å². The van der Waals surface area contributed by atoms with E-state index in [-0.39, 0.29) is 17.2 Å². The SMILES string of the molecule is Cc1nc2cc(CNC(=O)c3ccc(=O)[nH]n3)ccc2n1C(C)C. The molecule has 0 bridgehead atoms. The van der Waals surface area contributed by atoms with Crippen LogP contribution in [-0.4, -0.2) is 25.7 Å². The quantitative estimate of drug-likeness (QED) is 0.766. The van der Waals surface area contributed by atoms with E-state index in [0.29, 0.717) is 12.6 Å². The van der Waals surface area contributed by atoms with Crippen molar-refractivity contribution in [1.82, 2.24) is 25.1 Å². The van der Waals surface area contributed by atoms with Gasteiger partial charge in [-0.05, 0) is 44.5 Å². The Morgan fingerprint density at radius 3 is 2.75 bits per heavy atom. The lowest BCUT2D eigenvalue weighted by atomic mass is 10.2. The van der Waals surface area contributed by atoms with Gasteiger partial charge in [0, 0.05) is 18.7 Å². The van der Waals surface area contributed by atoms with Crippen molar-refractivity contribution >= 4 is 16.9 Å². The number of nitrogens with zero attached hydrogens (tertiary/aromatic N) is 3. The van der Waals surface area contributed by atoms with E-state index in [1.165, 1.54) is 12.1 Å². The van der Waals surface area contributed by atoms with E-state index in [2.05, 4.69) is 38.9 Å². The first-order valence-corrected chi connectivity index (χ1v) is 7.77. The Morgan fingerprint density at radius 1 is 1.29 bits per heavy atom. The minimum Gasteiger partial charge on any atom is -0.347 e. The third kappa shape index (κ3) is 3.05. The zero-order chi connectivity index (χ0) is 17.3. The molecule has 0 unspecified atom stereocenters. The molecular formula is C17H19N5O2. The monoisotopic (exact) mass is 325 g/mol. The van der Waals surface area contributed by atoms with Crippen molar-refractivity contribution in [2.45, 2.75) is 33.4 Å². The van der Waals surface area contributed by atoms with E-state index in [4.69, 9.17) is 0 Å². The Morgan fingerprint density at radius 2 is 2.08 bits per heavy atom. The minimum atomic E-state index is -0.340. The van der Waals surface area contributed by atoms with Crippen LogP contribution in [-0.2, 0) is 6.54 Å². The molecule has 3 aromatic rings. The lowest BCUT2D eigenvalue weighted by Crippen LogP contribution is -2.25. The molecule has 7 heteroatoms. The summed E-state index contributed by atoms with van der Waals surface area (Å²) in [6, 6.07) is 8.98. The van der Waals surface area contributed by atoms with Crippen LogP contribution >= 0.6 is 0 Å². The summed E-state index contributed by atoms with van der Waals surface area (Å²) in [5.74, 6) is 0.633. The second-order valence-electron chi connectivity index (χ2n) is 5.93. The van der Waals surface area contributed by atoms with Gasteiger partial charge in [-0.25, -0.2) is 10.1 Å². The first-order valence-electron chi connectivity index (χ1n) is 7.77. The van der Waals surface area contributed by atoms with Crippen molar-refractivity contribution < 1.29 is 4.79 Å². The van der Waals surface area contributed by atoms with Crippen molar-refractivity contribution in [2.24, 2.45) is 0 Å². The Bertz CT molecular complexity index is 935. The van der Waals surface area contributed by atoms with Crippen LogP contribution in [0.5, 0.6) is 0 Å². The number of fused-ring (bicyclic) bond motifs is 1. The molecule has 0 saturated heterocycles. The lowest BCUT2D eigenvalue weighted by Gasteiger charge is -2.11. The number of aryl methyl sites for hydroxylation is 1. The van der Waals surface area contributed by atoms with Crippen molar-refractivity contribution in [3.05, 3.63) is 57.8 Å². The molecule has 0 aliphatic carbocycles. The van der Waals surface area contributed by atoms with Gasteiger partial charge in [0.15, 0.2) is 0 Å². The number of carbonyl (C=O) groups excluding carboxylic acids is 1. The molecule has 0 spiro atoms. The maximum absolute atomic E-state index is 12.0. The average molecular weight is 325 g/mol. The van der Waals surface area contributed by atoms with Gasteiger partial charge in [0.2, 0.25) is 0 Å². The molecular weight excluding hydrogens is 306 g/mol. The van der Waals surface area contributed by atoms with Gasteiger partial charge in [-0.1, -0.05) is 6.07 Å². The summed E-state index contributed by atoms with van der Waals surface area (Å²) >= 11 is 0. The maximum Gasteiger partial charge on any atom is 0.271 e. The van der Waals surface area contributed by atoms with Crippen LogP contribution in [0.4, 0.5) is 0 Å². The molecule has 24 heavy (non-hydrogen) atoms. The number of hydrogen-bond acceptors (Lipinski definition) is 4. The van der Waals surface area contributed by atoms with Crippen LogP contribution in [0, 0.1) is 6.92 Å². The fourth-order valence-corrected chi connectivity index (χ4v) is 2.77. The Balaban J connectivity index is 1.77. The Kier molecular flexibility index (Phi) is 4.16. The first-order chi connectivity index (χ1) is 11.5. The number of imidazole rings is 1. The highest BCUT2D eigenvalue weighted by atomic mass is 16.2. The third-order valence-electron chi connectivity index (χ3n) is 3.81. The molecule has 1 aromatic carbocycles. The summed E-state index contributed by atoms with van der Waals surface area (Å²) in [5, 5.41) is 8.74. The van der Waals surface area contributed by atoms with Crippen LogP contribution in [0.2, 0.25) is 0 Å². The van der Waals surface area contributed by atoms with Crippen molar-refractivity contribution in [2.75, 3.05) is 0 Å².